The summed E-state index contributed by atoms with van der Waals surface area (Å²) >= 11 is 6.14. The molecule has 1 aliphatic carbocycles. The van der Waals surface area contributed by atoms with Crippen LogP contribution in [0.25, 0.3) is 39.1 Å². The fourth-order valence-electron chi connectivity index (χ4n) is 5.30. The Morgan fingerprint density at radius 2 is 1.88 bits per heavy atom. The second-order valence-electron chi connectivity index (χ2n) is 10.6. The molecule has 1 aliphatic rings. The zero-order valence-electron chi connectivity index (χ0n) is 24.0. The molecule has 6 rings (SSSR count). The quantitative estimate of drug-likeness (QED) is 0.165. The van der Waals surface area contributed by atoms with E-state index in [9.17, 15) is 9.59 Å². The minimum absolute atomic E-state index is 0.208. The van der Waals surface area contributed by atoms with E-state index in [1.165, 1.54) is 0 Å². The van der Waals surface area contributed by atoms with Crippen LogP contribution in [0.1, 0.15) is 57.6 Å². The van der Waals surface area contributed by atoms with E-state index in [4.69, 9.17) is 16.0 Å². The van der Waals surface area contributed by atoms with Gasteiger partial charge in [0.2, 0.25) is 0 Å². The first-order valence-corrected chi connectivity index (χ1v) is 14.3. The fraction of sp³-hybridized carbons (Fsp3) is 0.176. The van der Waals surface area contributed by atoms with Crippen LogP contribution >= 0.6 is 11.6 Å². The van der Waals surface area contributed by atoms with E-state index in [1.807, 2.05) is 68.5 Å². The molecule has 1 fully saturated rings. The number of carbonyl (C=O) groups excluding carboxylic acids is 2. The van der Waals surface area contributed by atoms with Gasteiger partial charge in [-0.25, -0.2) is 4.98 Å². The van der Waals surface area contributed by atoms with Crippen molar-refractivity contribution < 1.29 is 14.0 Å². The van der Waals surface area contributed by atoms with Gasteiger partial charge in [-0.15, -0.1) is 0 Å². The van der Waals surface area contributed by atoms with Crippen LogP contribution in [-0.4, -0.2) is 34.0 Å². The Labute approximate surface area is 253 Å². The molecule has 0 atom stereocenters. The summed E-state index contributed by atoms with van der Waals surface area (Å²) in [5, 5.41) is 14.6. The third-order valence-corrected chi connectivity index (χ3v) is 8.11. The van der Waals surface area contributed by atoms with Gasteiger partial charge < -0.3 is 15.1 Å². The molecule has 5 aromatic rings. The monoisotopic (exact) mass is 591 g/mol. The zero-order chi connectivity index (χ0) is 30.3. The third kappa shape index (κ3) is 5.15. The molecule has 0 aliphatic heterocycles. The van der Waals surface area contributed by atoms with E-state index >= 15 is 0 Å². The predicted molar refractivity (Wildman–Crippen MR) is 169 cm³/mol. The number of hydrogen-bond donors (Lipinski definition) is 3. The maximum Gasteiger partial charge on any atom is 0.255 e. The van der Waals surface area contributed by atoms with Gasteiger partial charge in [0.1, 0.15) is 11.3 Å². The number of carbonyl (C=O) groups is 2. The van der Waals surface area contributed by atoms with Crippen LogP contribution in [0.5, 0.6) is 0 Å². The van der Waals surface area contributed by atoms with Crippen LogP contribution in [0.2, 0.25) is 5.02 Å². The predicted octanol–water partition coefficient (Wildman–Crippen LogP) is 7.21. The highest BCUT2D eigenvalue weighted by Crippen LogP contribution is 2.44. The van der Waals surface area contributed by atoms with Gasteiger partial charge in [0.05, 0.1) is 11.1 Å². The molecule has 3 aromatic carbocycles. The lowest BCUT2D eigenvalue weighted by molar-refractivity contribution is 0.0927. The van der Waals surface area contributed by atoms with E-state index in [0.29, 0.717) is 44.5 Å². The average Bonchev–Trinajstić information content (AvgIpc) is 3.44. The highest BCUT2D eigenvalue weighted by molar-refractivity contribution is 6.30. The van der Waals surface area contributed by atoms with Crippen LogP contribution in [0, 0.1) is 6.92 Å². The molecule has 0 bridgehead atoms. The van der Waals surface area contributed by atoms with Crippen LogP contribution in [0.15, 0.2) is 83.8 Å². The third-order valence-electron chi connectivity index (χ3n) is 7.87. The number of benzene rings is 3. The first-order chi connectivity index (χ1) is 20.8. The summed E-state index contributed by atoms with van der Waals surface area (Å²) in [4.78, 5) is 31.2. The number of aromatic nitrogens is 3. The van der Waals surface area contributed by atoms with Gasteiger partial charge in [-0.3, -0.25) is 14.7 Å². The van der Waals surface area contributed by atoms with Crippen molar-refractivity contribution in [1.29, 1.82) is 0 Å². The minimum Gasteiger partial charge on any atom is -0.455 e. The number of fused-ring (bicyclic) bond motifs is 1. The number of amides is 2. The van der Waals surface area contributed by atoms with Gasteiger partial charge in [-0.1, -0.05) is 54.6 Å². The molecule has 3 N–H and O–H groups in total. The fourth-order valence-corrected chi connectivity index (χ4v) is 5.49. The normalized spacial score (nSPS) is 14.0. The molecule has 2 heterocycles. The van der Waals surface area contributed by atoms with Crippen molar-refractivity contribution >= 4 is 40.0 Å². The van der Waals surface area contributed by atoms with Crippen molar-refractivity contribution in [2.24, 2.45) is 0 Å². The summed E-state index contributed by atoms with van der Waals surface area (Å²) in [6.45, 7) is 7.72. The van der Waals surface area contributed by atoms with Crippen LogP contribution < -0.4 is 10.6 Å². The number of rotatable bonds is 8. The minimum atomic E-state index is -0.601. The van der Waals surface area contributed by atoms with Gasteiger partial charge >= 0.3 is 0 Å². The van der Waals surface area contributed by atoms with Crippen molar-refractivity contribution in [3.8, 4) is 22.5 Å². The number of halogens is 1. The Morgan fingerprint density at radius 3 is 2.58 bits per heavy atom. The largest absolute Gasteiger partial charge is 0.455 e. The zero-order valence-corrected chi connectivity index (χ0v) is 24.8. The molecule has 8 nitrogen and oxygen atoms in total. The Morgan fingerprint density at radius 1 is 1.07 bits per heavy atom. The topological polar surface area (TPSA) is 113 Å². The van der Waals surface area contributed by atoms with Crippen LogP contribution in [0.3, 0.4) is 0 Å². The molecule has 2 amide bonds. The summed E-state index contributed by atoms with van der Waals surface area (Å²) in [6.07, 6.45) is 5.03. The van der Waals surface area contributed by atoms with Crippen molar-refractivity contribution in [2.75, 3.05) is 7.05 Å². The first kappa shape index (κ1) is 28.2. The van der Waals surface area contributed by atoms with Gasteiger partial charge in [0, 0.05) is 34.2 Å². The molecule has 216 valence electrons. The molecule has 0 saturated heterocycles. The molecule has 9 heteroatoms. The summed E-state index contributed by atoms with van der Waals surface area (Å²) in [7, 11) is 1.59. The summed E-state index contributed by atoms with van der Waals surface area (Å²) in [5.41, 5.74) is 5.20. The number of hydrogen-bond acceptors (Lipinski definition) is 5. The summed E-state index contributed by atoms with van der Waals surface area (Å²) in [5.74, 6) is 1.15. The number of nitrogens with zero attached hydrogens (tertiary/aromatic N) is 2. The Hall–Kier alpha value is -4.95. The molecule has 2 aromatic heterocycles. The summed E-state index contributed by atoms with van der Waals surface area (Å²) < 4.78 is 6.10. The average molecular weight is 592 g/mol. The SMILES string of the molecule is C=CC(=CC)c1oc2ccc(-c3cc(C(=O)NC4(c5nc(-c6cccc(Cl)c6)n[nH]5)CC4)ccc3C)cc2c1C(=O)NC. The van der Waals surface area contributed by atoms with Crippen LogP contribution in [-0.2, 0) is 5.54 Å². The lowest BCUT2D eigenvalue weighted by Gasteiger charge is -2.16. The van der Waals surface area contributed by atoms with Crippen molar-refractivity contribution in [2.45, 2.75) is 32.2 Å². The Kier molecular flexibility index (Phi) is 7.23. The lowest BCUT2D eigenvalue weighted by Crippen LogP contribution is -2.35. The van der Waals surface area contributed by atoms with Gasteiger partial charge in [-0.05, 0) is 79.8 Å². The molecular weight excluding hydrogens is 562 g/mol. The number of H-pyrrole nitrogens is 1. The molecule has 43 heavy (non-hydrogen) atoms. The smallest absolute Gasteiger partial charge is 0.255 e. The standard InChI is InChI=1S/C34H30ClN5O3/c1-5-20(6-2)29-28(32(42)36-4)26-17-21(12-13-27(26)43-29)25-18-23(11-10-19(25)3)31(41)38-34(14-15-34)33-37-30(39-40-33)22-8-7-9-24(35)16-22/h5-13,16-18H,1,14-15H2,2-4H3,(H,36,42)(H,38,41)(H,37,39,40). The van der Waals surface area contributed by atoms with Gasteiger partial charge in [0.25, 0.3) is 11.8 Å². The van der Waals surface area contributed by atoms with E-state index in [0.717, 1.165) is 40.7 Å². The van der Waals surface area contributed by atoms with Crippen LogP contribution in [0.4, 0.5) is 0 Å². The lowest BCUT2D eigenvalue weighted by atomic mass is 9.95. The molecular formula is C34H30ClN5O3. The van der Waals surface area contributed by atoms with E-state index in [-0.39, 0.29) is 11.8 Å². The number of nitrogens with one attached hydrogen (secondary N) is 3. The number of aromatic amines is 1. The second-order valence-corrected chi connectivity index (χ2v) is 11.1. The van der Waals surface area contributed by atoms with E-state index in [1.54, 1.807) is 25.3 Å². The number of allylic oxidation sites excluding steroid dienone is 3. The van der Waals surface area contributed by atoms with Crippen molar-refractivity contribution in [1.82, 2.24) is 25.8 Å². The number of furan rings is 1. The van der Waals surface area contributed by atoms with Gasteiger partial charge in [-0.2, -0.15) is 5.10 Å². The highest BCUT2D eigenvalue weighted by Gasteiger charge is 2.49. The summed E-state index contributed by atoms with van der Waals surface area (Å²) in [6, 6.07) is 18.7. The van der Waals surface area contributed by atoms with E-state index in [2.05, 4.69) is 32.4 Å². The van der Waals surface area contributed by atoms with Crippen molar-refractivity contribution in [3.05, 3.63) is 113 Å². The van der Waals surface area contributed by atoms with Crippen molar-refractivity contribution in [3.63, 3.8) is 0 Å². The maximum atomic E-state index is 13.6. The molecule has 1 saturated carbocycles. The maximum absolute atomic E-state index is 13.6. The first-order valence-electron chi connectivity index (χ1n) is 14.0. The molecule has 0 unspecified atom stereocenters. The van der Waals surface area contributed by atoms with E-state index < -0.39 is 5.54 Å². The Bertz CT molecular complexity index is 1950. The molecule has 0 radical (unpaired) electrons. The Balaban J connectivity index is 1.31. The molecule has 0 spiro atoms. The van der Waals surface area contributed by atoms with Gasteiger partial charge in [0.15, 0.2) is 11.6 Å². The second kappa shape index (κ2) is 11.0. The highest BCUT2D eigenvalue weighted by atomic mass is 35.5. The number of aryl methyl sites for hydroxylation is 1.